The zero-order chi connectivity index (χ0) is 25.0. The molecule has 2 aromatic heterocycles. The molecule has 1 N–H and O–H groups in total. The molecule has 4 aromatic rings. The van der Waals surface area contributed by atoms with Gasteiger partial charge in [-0.25, -0.2) is 0 Å². The quantitative estimate of drug-likeness (QED) is 0.322. The summed E-state index contributed by atoms with van der Waals surface area (Å²) in [7, 11) is 0. The van der Waals surface area contributed by atoms with E-state index in [1.54, 1.807) is 11.3 Å². The standard InChI is InChI=1S/C27H24ClN5OS2/c1-14-15(2)36-27-24(14)25(17-4-7-20(28)8-5-17)30-22(26-32-31-16(3)33(26)27)11-23(34)29-21-9-6-18-12-35-13-19(18)10-21/h4-10,22H,11-13H2,1-3H3,(H,29,34)/t22-/m0/s1. The van der Waals surface area contributed by atoms with Gasteiger partial charge in [-0.15, -0.1) is 21.5 Å². The molecule has 0 radical (unpaired) electrons. The van der Waals surface area contributed by atoms with Crippen LogP contribution in [0.2, 0.25) is 5.02 Å². The molecule has 2 aliphatic heterocycles. The minimum atomic E-state index is -0.485. The minimum absolute atomic E-state index is 0.102. The van der Waals surface area contributed by atoms with Gasteiger partial charge < -0.3 is 5.32 Å². The van der Waals surface area contributed by atoms with E-state index >= 15 is 0 Å². The van der Waals surface area contributed by atoms with Crippen molar-refractivity contribution in [2.24, 2.45) is 4.99 Å². The van der Waals surface area contributed by atoms with Gasteiger partial charge in [0.1, 0.15) is 16.9 Å². The summed E-state index contributed by atoms with van der Waals surface area (Å²) < 4.78 is 2.07. The molecule has 4 heterocycles. The Morgan fingerprint density at radius 3 is 2.67 bits per heavy atom. The van der Waals surface area contributed by atoms with Crippen LogP contribution in [0.1, 0.15) is 56.8 Å². The van der Waals surface area contributed by atoms with Crippen molar-refractivity contribution in [1.82, 2.24) is 14.8 Å². The molecule has 6 nitrogen and oxygen atoms in total. The van der Waals surface area contributed by atoms with Crippen molar-refractivity contribution in [2.45, 2.75) is 44.7 Å². The molecular weight excluding hydrogens is 510 g/mol. The van der Waals surface area contributed by atoms with E-state index in [1.807, 2.05) is 49.0 Å². The molecule has 0 saturated heterocycles. The second-order valence-electron chi connectivity index (χ2n) is 9.13. The molecular formula is C27H24ClN5OS2. The molecule has 182 valence electrons. The Balaban J connectivity index is 1.41. The van der Waals surface area contributed by atoms with Crippen molar-refractivity contribution in [1.29, 1.82) is 0 Å². The van der Waals surface area contributed by atoms with Crippen LogP contribution in [0.3, 0.4) is 0 Å². The summed E-state index contributed by atoms with van der Waals surface area (Å²) in [5, 5.41) is 13.7. The van der Waals surface area contributed by atoms with E-state index in [-0.39, 0.29) is 12.3 Å². The Kier molecular flexibility index (Phi) is 5.98. The number of thioether (sulfide) groups is 1. The zero-order valence-corrected chi connectivity index (χ0v) is 22.5. The lowest BCUT2D eigenvalue weighted by Crippen LogP contribution is -2.17. The minimum Gasteiger partial charge on any atom is -0.326 e. The fourth-order valence-corrected chi connectivity index (χ4v) is 7.20. The van der Waals surface area contributed by atoms with Gasteiger partial charge >= 0.3 is 0 Å². The lowest BCUT2D eigenvalue weighted by atomic mass is 9.99. The van der Waals surface area contributed by atoms with Crippen LogP contribution in [0.15, 0.2) is 47.5 Å². The normalized spacial score (nSPS) is 16.1. The average Bonchev–Trinajstić information content (AvgIpc) is 3.52. The molecule has 36 heavy (non-hydrogen) atoms. The molecule has 0 fully saturated rings. The first-order valence-electron chi connectivity index (χ1n) is 11.7. The molecule has 1 amide bonds. The number of hydrogen-bond donors (Lipinski definition) is 1. The summed E-state index contributed by atoms with van der Waals surface area (Å²) in [4.78, 5) is 19.7. The molecule has 2 aromatic carbocycles. The van der Waals surface area contributed by atoms with Gasteiger partial charge in [0.25, 0.3) is 0 Å². The van der Waals surface area contributed by atoms with Crippen molar-refractivity contribution < 1.29 is 4.79 Å². The summed E-state index contributed by atoms with van der Waals surface area (Å²) >= 11 is 9.79. The number of fused-ring (bicyclic) bond motifs is 4. The third-order valence-electron chi connectivity index (χ3n) is 6.74. The van der Waals surface area contributed by atoms with Crippen LogP contribution in [0.4, 0.5) is 5.69 Å². The van der Waals surface area contributed by atoms with Gasteiger partial charge in [-0.1, -0.05) is 29.8 Å². The monoisotopic (exact) mass is 533 g/mol. The first-order valence-corrected chi connectivity index (χ1v) is 14.1. The topological polar surface area (TPSA) is 72.2 Å². The van der Waals surface area contributed by atoms with Crippen LogP contribution in [0, 0.1) is 20.8 Å². The summed E-state index contributed by atoms with van der Waals surface area (Å²) in [5.74, 6) is 3.38. The number of nitrogens with one attached hydrogen (secondary N) is 1. The third-order valence-corrected chi connectivity index (χ3v) is 9.22. The average molecular weight is 534 g/mol. The van der Waals surface area contributed by atoms with Gasteiger partial charge in [0.05, 0.1) is 12.1 Å². The van der Waals surface area contributed by atoms with Crippen LogP contribution in [0.5, 0.6) is 0 Å². The summed E-state index contributed by atoms with van der Waals surface area (Å²) in [5.41, 5.74) is 7.49. The van der Waals surface area contributed by atoms with Gasteiger partial charge in [0.2, 0.25) is 5.91 Å². The molecule has 1 atom stereocenters. The lowest BCUT2D eigenvalue weighted by molar-refractivity contribution is -0.116. The Hall–Kier alpha value is -2.94. The van der Waals surface area contributed by atoms with Crippen molar-refractivity contribution in [3.05, 3.63) is 91.8 Å². The maximum Gasteiger partial charge on any atom is 0.227 e. The van der Waals surface area contributed by atoms with Gasteiger partial charge in [0, 0.05) is 38.2 Å². The zero-order valence-electron chi connectivity index (χ0n) is 20.1. The molecule has 2 aliphatic rings. The van der Waals surface area contributed by atoms with E-state index in [4.69, 9.17) is 16.6 Å². The fraction of sp³-hybridized carbons (Fsp3) is 0.259. The number of hydrogen-bond acceptors (Lipinski definition) is 6. The van der Waals surface area contributed by atoms with Crippen LogP contribution in [0.25, 0.3) is 5.00 Å². The van der Waals surface area contributed by atoms with Crippen LogP contribution in [-0.4, -0.2) is 26.4 Å². The van der Waals surface area contributed by atoms with E-state index in [9.17, 15) is 4.79 Å². The summed E-state index contributed by atoms with van der Waals surface area (Å²) in [6.07, 6.45) is 0.161. The number of halogens is 1. The number of aryl methyl sites for hydroxylation is 2. The Morgan fingerprint density at radius 2 is 1.86 bits per heavy atom. The van der Waals surface area contributed by atoms with E-state index < -0.39 is 6.04 Å². The highest BCUT2D eigenvalue weighted by atomic mass is 35.5. The molecule has 0 unspecified atom stereocenters. The van der Waals surface area contributed by atoms with Crippen molar-refractivity contribution >= 4 is 52.0 Å². The van der Waals surface area contributed by atoms with Crippen LogP contribution in [-0.2, 0) is 16.3 Å². The highest BCUT2D eigenvalue weighted by Gasteiger charge is 2.32. The second kappa shape index (κ2) is 9.18. The predicted molar refractivity (Wildman–Crippen MR) is 148 cm³/mol. The van der Waals surface area contributed by atoms with E-state index in [2.05, 4.69) is 46.1 Å². The molecule has 0 bridgehead atoms. The predicted octanol–water partition coefficient (Wildman–Crippen LogP) is 6.58. The van der Waals surface area contributed by atoms with E-state index in [0.29, 0.717) is 10.8 Å². The number of carbonyl (C=O) groups excluding carboxylic acids is 1. The van der Waals surface area contributed by atoms with Gasteiger partial charge in [0.15, 0.2) is 5.82 Å². The number of benzene rings is 2. The Morgan fingerprint density at radius 1 is 1.08 bits per heavy atom. The molecule has 6 rings (SSSR count). The highest BCUT2D eigenvalue weighted by molar-refractivity contribution is 7.98. The molecule has 0 aliphatic carbocycles. The fourth-order valence-electron chi connectivity index (χ4n) is 4.77. The number of thiophene rings is 1. The SMILES string of the molecule is Cc1sc2c(c1C)C(c1ccc(Cl)cc1)=N[C@@H](CC(=O)Nc1ccc3c(c1)CSC3)c1nnc(C)n1-2. The highest BCUT2D eigenvalue weighted by Crippen LogP contribution is 2.40. The van der Waals surface area contributed by atoms with Crippen molar-refractivity contribution in [3.8, 4) is 5.00 Å². The summed E-state index contributed by atoms with van der Waals surface area (Å²) in [6.45, 7) is 6.18. The van der Waals surface area contributed by atoms with Crippen LogP contribution >= 0.6 is 34.7 Å². The number of anilines is 1. The summed E-state index contributed by atoms with van der Waals surface area (Å²) in [6, 6.07) is 13.4. The maximum absolute atomic E-state index is 13.3. The van der Waals surface area contributed by atoms with Gasteiger partial charge in [-0.05, 0) is 61.7 Å². The first kappa shape index (κ1) is 23.5. The third kappa shape index (κ3) is 4.07. The van der Waals surface area contributed by atoms with Crippen molar-refractivity contribution in [2.75, 3.05) is 5.32 Å². The largest absolute Gasteiger partial charge is 0.326 e. The molecule has 0 saturated carbocycles. The number of nitrogens with zero attached hydrogens (tertiary/aromatic N) is 4. The first-order chi connectivity index (χ1) is 17.4. The van der Waals surface area contributed by atoms with Gasteiger partial charge in [-0.2, -0.15) is 11.8 Å². The Bertz CT molecular complexity index is 1540. The van der Waals surface area contributed by atoms with Crippen molar-refractivity contribution in [3.63, 3.8) is 0 Å². The second-order valence-corrected chi connectivity index (χ2v) is 11.8. The molecule has 0 spiro atoms. The maximum atomic E-state index is 13.3. The van der Waals surface area contributed by atoms with E-state index in [0.717, 1.165) is 44.9 Å². The number of carbonyl (C=O) groups is 1. The van der Waals surface area contributed by atoms with Gasteiger partial charge in [-0.3, -0.25) is 14.4 Å². The van der Waals surface area contributed by atoms with Crippen LogP contribution < -0.4 is 5.32 Å². The number of aromatic nitrogens is 3. The van der Waals surface area contributed by atoms with E-state index in [1.165, 1.54) is 21.6 Å². The lowest BCUT2D eigenvalue weighted by Gasteiger charge is -2.13. The smallest absolute Gasteiger partial charge is 0.227 e. The number of aliphatic imine (C=N–C) groups is 1. The molecule has 9 heteroatoms. The number of amides is 1. The Labute approximate surface area is 222 Å². The number of rotatable bonds is 4.